The quantitative estimate of drug-likeness (QED) is 0.679. The van der Waals surface area contributed by atoms with Crippen LogP contribution in [0.3, 0.4) is 0 Å². The maximum absolute atomic E-state index is 13.4. The molecule has 3 aromatic rings. The number of ether oxygens (including phenoxy) is 1. The van der Waals surface area contributed by atoms with Crippen LogP contribution in [0.5, 0.6) is 5.75 Å². The predicted octanol–water partition coefficient (Wildman–Crippen LogP) is 4.27. The number of rotatable bonds is 7. The number of benzene rings is 2. The van der Waals surface area contributed by atoms with Crippen molar-refractivity contribution in [1.29, 1.82) is 0 Å². The summed E-state index contributed by atoms with van der Waals surface area (Å²) in [5.41, 5.74) is 7.88. The van der Waals surface area contributed by atoms with E-state index in [9.17, 15) is 8.78 Å². The molecule has 5 heteroatoms. The van der Waals surface area contributed by atoms with Gasteiger partial charge in [0.1, 0.15) is 12.4 Å². The first-order valence-electron chi connectivity index (χ1n) is 7.93. The standard InChI is InChI=1S/C19H20F2N2O/c20-19(21,13-22)10-9-15-11-23-16-7-4-8-17(18(15)16)24-12-14-5-2-1-3-6-14/h1-8,11,23H,9-10,12-13,22H2. The van der Waals surface area contributed by atoms with E-state index >= 15 is 0 Å². The van der Waals surface area contributed by atoms with Gasteiger partial charge in [-0.05, 0) is 29.7 Å². The highest BCUT2D eigenvalue weighted by molar-refractivity contribution is 5.89. The summed E-state index contributed by atoms with van der Waals surface area (Å²) in [5, 5.41) is 0.862. The minimum Gasteiger partial charge on any atom is -0.488 e. The summed E-state index contributed by atoms with van der Waals surface area (Å²) in [7, 11) is 0. The van der Waals surface area contributed by atoms with Gasteiger partial charge in [0, 0.05) is 23.5 Å². The lowest BCUT2D eigenvalue weighted by Gasteiger charge is -2.13. The SMILES string of the molecule is NCC(F)(F)CCc1c[nH]c2cccc(OCc3ccccc3)c12. The molecule has 0 aliphatic heterocycles. The molecule has 0 unspecified atom stereocenters. The van der Waals surface area contributed by atoms with Gasteiger partial charge in [-0.3, -0.25) is 0 Å². The zero-order chi connectivity index (χ0) is 17.0. The fourth-order valence-corrected chi connectivity index (χ4v) is 2.69. The van der Waals surface area contributed by atoms with Crippen LogP contribution in [0.4, 0.5) is 8.78 Å². The van der Waals surface area contributed by atoms with Gasteiger partial charge >= 0.3 is 0 Å². The summed E-state index contributed by atoms with van der Waals surface area (Å²) in [6, 6.07) is 15.5. The Morgan fingerprint density at radius 2 is 1.83 bits per heavy atom. The van der Waals surface area contributed by atoms with E-state index in [1.807, 2.05) is 48.5 Å². The molecule has 126 valence electrons. The van der Waals surface area contributed by atoms with Gasteiger partial charge in [0.2, 0.25) is 0 Å². The Morgan fingerprint density at radius 1 is 1.04 bits per heavy atom. The number of H-pyrrole nitrogens is 1. The molecule has 0 amide bonds. The van der Waals surface area contributed by atoms with Crippen molar-refractivity contribution in [3.63, 3.8) is 0 Å². The van der Waals surface area contributed by atoms with Gasteiger partial charge in [0.05, 0.1) is 6.54 Å². The zero-order valence-corrected chi connectivity index (χ0v) is 13.3. The Labute approximate surface area is 139 Å². The highest BCUT2D eigenvalue weighted by atomic mass is 19.3. The van der Waals surface area contributed by atoms with Crippen LogP contribution in [0.1, 0.15) is 17.5 Å². The molecule has 0 saturated heterocycles. The van der Waals surface area contributed by atoms with Crippen molar-refractivity contribution in [3.05, 3.63) is 65.9 Å². The van der Waals surface area contributed by atoms with E-state index in [1.165, 1.54) is 0 Å². The molecule has 0 aliphatic rings. The van der Waals surface area contributed by atoms with E-state index in [2.05, 4.69) is 4.98 Å². The zero-order valence-electron chi connectivity index (χ0n) is 13.3. The Hall–Kier alpha value is -2.40. The Balaban J connectivity index is 1.81. The van der Waals surface area contributed by atoms with Gasteiger partial charge in [-0.2, -0.15) is 0 Å². The molecule has 24 heavy (non-hydrogen) atoms. The average Bonchev–Trinajstić information content (AvgIpc) is 3.03. The van der Waals surface area contributed by atoms with E-state index < -0.39 is 12.5 Å². The van der Waals surface area contributed by atoms with Crippen LogP contribution in [-0.2, 0) is 13.0 Å². The third-order valence-corrected chi connectivity index (χ3v) is 4.05. The van der Waals surface area contributed by atoms with Crippen LogP contribution in [0.25, 0.3) is 10.9 Å². The summed E-state index contributed by atoms with van der Waals surface area (Å²) >= 11 is 0. The predicted molar refractivity (Wildman–Crippen MR) is 91.4 cm³/mol. The number of halogens is 2. The summed E-state index contributed by atoms with van der Waals surface area (Å²) in [6.07, 6.45) is 1.74. The van der Waals surface area contributed by atoms with Crippen LogP contribution in [-0.4, -0.2) is 17.5 Å². The van der Waals surface area contributed by atoms with Gasteiger partial charge in [0.25, 0.3) is 5.92 Å². The molecule has 1 aromatic heterocycles. The maximum atomic E-state index is 13.4. The minimum atomic E-state index is -2.84. The van der Waals surface area contributed by atoms with Crippen LogP contribution < -0.4 is 10.5 Å². The normalized spacial score (nSPS) is 11.8. The smallest absolute Gasteiger partial charge is 0.260 e. The van der Waals surface area contributed by atoms with Gasteiger partial charge in [0.15, 0.2) is 0 Å². The van der Waals surface area contributed by atoms with Gasteiger partial charge in [-0.15, -0.1) is 0 Å². The van der Waals surface area contributed by atoms with Gasteiger partial charge in [-0.25, -0.2) is 8.78 Å². The minimum absolute atomic E-state index is 0.246. The summed E-state index contributed by atoms with van der Waals surface area (Å²) in [6.45, 7) is -0.198. The summed E-state index contributed by atoms with van der Waals surface area (Å²) in [4.78, 5) is 3.12. The lowest BCUT2D eigenvalue weighted by molar-refractivity contribution is 0.00254. The molecule has 0 aliphatic carbocycles. The van der Waals surface area contributed by atoms with E-state index in [1.54, 1.807) is 6.20 Å². The van der Waals surface area contributed by atoms with E-state index in [0.29, 0.717) is 12.4 Å². The van der Waals surface area contributed by atoms with Crippen molar-refractivity contribution in [2.24, 2.45) is 5.73 Å². The van der Waals surface area contributed by atoms with Crippen LogP contribution in [0, 0.1) is 0 Å². The molecule has 0 radical (unpaired) electrons. The lowest BCUT2D eigenvalue weighted by Crippen LogP contribution is -2.28. The van der Waals surface area contributed by atoms with E-state index in [4.69, 9.17) is 10.5 Å². The molecule has 0 bridgehead atoms. The second-order valence-corrected chi connectivity index (χ2v) is 5.83. The number of fused-ring (bicyclic) bond motifs is 1. The third-order valence-electron chi connectivity index (χ3n) is 4.05. The van der Waals surface area contributed by atoms with Gasteiger partial charge < -0.3 is 15.5 Å². The molecule has 2 aromatic carbocycles. The number of alkyl halides is 2. The van der Waals surface area contributed by atoms with Crippen molar-refractivity contribution >= 4 is 10.9 Å². The Morgan fingerprint density at radius 3 is 2.58 bits per heavy atom. The molecule has 0 saturated carbocycles. The van der Waals surface area contributed by atoms with Crippen LogP contribution in [0.2, 0.25) is 0 Å². The molecule has 3 rings (SSSR count). The largest absolute Gasteiger partial charge is 0.488 e. The molecule has 3 N–H and O–H groups in total. The molecule has 3 nitrogen and oxygen atoms in total. The highest BCUT2D eigenvalue weighted by Gasteiger charge is 2.26. The highest BCUT2D eigenvalue weighted by Crippen LogP contribution is 2.31. The van der Waals surface area contributed by atoms with E-state index in [-0.39, 0.29) is 12.8 Å². The Kier molecular flexibility index (Phi) is 4.81. The molecule has 1 heterocycles. The topological polar surface area (TPSA) is 51.0 Å². The molecular weight excluding hydrogens is 310 g/mol. The number of nitrogens with two attached hydrogens (primary N) is 1. The number of aromatic nitrogens is 1. The van der Waals surface area contributed by atoms with Gasteiger partial charge in [-0.1, -0.05) is 36.4 Å². The monoisotopic (exact) mass is 330 g/mol. The summed E-state index contributed by atoms with van der Waals surface area (Å²) < 4.78 is 32.8. The van der Waals surface area contributed by atoms with Crippen molar-refractivity contribution in [2.45, 2.75) is 25.4 Å². The van der Waals surface area contributed by atoms with E-state index in [0.717, 1.165) is 22.0 Å². The number of hydrogen-bond donors (Lipinski definition) is 2. The number of aryl methyl sites for hydroxylation is 1. The second-order valence-electron chi connectivity index (χ2n) is 5.83. The molecule has 0 fully saturated rings. The average molecular weight is 330 g/mol. The Bertz CT molecular complexity index is 799. The first kappa shape index (κ1) is 16.5. The maximum Gasteiger partial charge on any atom is 0.260 e. The number of nitrogens with one attached hydrogen (secondary N) is 1. The van der Waals surface area contributed by atoms with Crippen LogP contribution in [0.15, 0.2) is 54.7 Å². The number of aromatic amines is 1. The van der Waals surface area contributed by atoms with Crippen LogP contribution >= 0.6 is 0 Å². The van der Waals surface area contributed by atoms with Crippen molar-refractivity contribution in [2.75, 3.05) is 6.54 Å². The second kappa shape index (κ2) is 7.01. The molecule has 0 spiro atoms. The van der Waals surface area contributed by atoms with Crippen molar-refractivity contribution in [3.8, 4) is 5.75 Å². The third kappa shape index (κ3) is 3.74. The molecular formula is C19H20F2N2O. The van der Waals surface area contributed by atoms with Crippen molar-refractivity contribution < 1.29 is 13.5 Å². The first-order chi connectivity index (χ1) is 11.6. The number of hydrogen-bond acceptors (Lipinski definition) is 2. The van der Waals surface area contributed by atoms with Crippen molar-refractivity contribution in [1.82, 2.24) is 4.98 Å². The first-order valence-corrected chi connectivity index (χ1v) is 7.93. The summed E-state index contributed by atoms with van der Waals surface area (Å²) in [5.74, 6) is -2.15. The lowest BCUT2D eigenvalue weighted by atomic mass is 10.0. The molecule has 0 atom stereocenters. The fraction of sp³-hybridized carbons (Fsp3) is 0.263. The fourth-order valence-electron chi connectivity index (χ4n) is 2.69.